The molecule has 0 aliphatic heterocycles. The lowest BCUT2D eigenvalue weighted by molar-refractivity contribution is 0.320. The number of rotatable bonds is 6. The zero-order chi connectivity index (χ0) is 15.2. The SMILES string of the molecule is C#CCC.C/C=C(\C=C/CCOc1nnc(N)s1)CO. The topological polar surface area (TPSA) is 81.3 Å². The molecule has 5 nitrogen and oxygen atoms in total. The number of hydrogen-bond donors (Lipinski definition) is 2. The second-order valence-electron chi connectivity index (χ2n) is 3.53. The maximum atomic E-state index is 8.88. The van der Waals surface area contributed by atoms with Crippen LogP contribution in [0, 0.1) is 12.3 Å². The number of hydrogen-bond acceptors (Lipinski definition) is 6. The van der Waals surface area contributed by atoms with Crippen molar-refractivity contribution < 1.29 is 9.84 Å². The van der Waals surface area contributed by atoms with Crippen molar-refractivity contribution in [2.24, 2.45) is 0 Å². The fourth-order valence-corrected chi connectivity index (χ4v) is 1.45. The molecule has 110 valence electrons. The van der Waals surface area contributed by atoms with E-state index in [-0.39, 0.29) is 6.61 Å². The lowest BCUT2D eigenvalue weighted by atomic mass is 10.2. The number of ether oxygens (including phenoxy) is 1. The minimum Gasteiger partial charge on any atom is -0.469 e. The van der Waals surface area contributed by atoms with Gasteiger partial charge >= 0.3 is 0 Å². The first-order valence-electron chi connectivity index (χ1n) is 6.25. The summed E-state index contributed by atoms with van der Waals surface area (Å²) in [5.74, 6) is 2.43. The molecule has 0 radical (unpaired) electrons. The minimum absolute atomic E-state index is 0.0563. The fraction of sp³-hybridized carbons (Fsp3) is 0.429. The van der Waals surface area contributed by atoms with Gasteiger partial charge in [0.1, 0.15) is 0 Å². The van der Waals surface area contributed by atoms with Crippen LogP contribution in [0.25, 0.3) is 0 Å². The molecule has 0 aliphatic rings. The summed E-state index contributed by atoms with van der Waals surface area (Å²) < 4.78 is 5.31. The van der Waals surface area contributed by atoms with Gasteiger partial charge in [-0.05, 0) is 30.3 Å². The largest absolute Gasteiger partial charge is 0.469 e. The van der Waals surface area contributed by atoms with E-state index in [1.807, 2.05) is 32.1 Å². The normalized spacial score (nSPS) is 10.8. The summed E-state index contributed by atoms with van der Waals surface area (Å²) >= 11 is 1.22. The van der Waals surface area contributed by atoms with Crippen LogP contribution in [0.15, 0.2) is 23.8 Å². The Morgan fingerprint density at radius 3 is 2.70 bits per heavy atom. The van der Waals surface area contributed by atoms with Crippen molar-refractivity contribution in [2.75, 3.05) is 18.9 Å². The number of aliphatic hydroxyl groups excluding tert-OH is 1. The molecule has 1 rings (SSSR count). The van der Waals surface area contributed by atoms with Crippen molar-refractivity contribution in [1.29, 1.82) is 0 Å². The number of aromatic nitrogens is 2. The highest BCUT2D eigenvalue weighted by Crippen LogP contribution is 2.18. The van der Waals surface area contributed by atoms with Crippen LogP contribution < -0.4 is 10.5 Å². The van der Waals surface area contributed by atoms with E-state index in [9.17, 15) is 0 Å². The Morgan fingerprint density at radius 1 is 1.55 bits per heavy atom. The molecule has 0 fully saturated rings. The fourth-order valence-electron chi connectivity index (χ4n) is 0.968. The Hall–Kier alpha value is -1.84. The van der Waals surface area contributed by atoms with Crippen LogP contribution in [0.4, 0.5) is 5.13 Å². The van der Waals surface area contributed by atoms with Gasteiger partial charge in [-0.2, -0.15) is 0 Å². The lowest BCUT2D eigenvalue weighted by Gasteiger charge is -1.97. The van der Waals surface area contributed by atoms with E-state index in [2.05, 4.69) is 16.1 Å². The highest BCUT2D eigenvalue weighted by atomic mass is 32.1. The zero-order valence-corrected chi connectivity index (χ0v) is 12.7. The summed E-state index contributed by atoms with van der Waals surface area (Å²) in [5.41, 5.74) is 6.29. The van der Waals surface area contributed by atoms with Gasteiger partial charge in [0.15, 0.2) is 0 Å². The highest BCUT2D eigenvalue weighted by Gasteiger charge is 1.99. The summed E-state index contributed by atoms with van der Waals surface area (Å²) in [6.45, 7) is 4.41. The van der Waals surface area contributed by atoms with Gasteiger partial charge in [0, 0.05) is 6.42 Å². The van der Waals surface area contributed by atoms with Crippen molar-refractivity contribution in [3.8, 4) is 17.5 Å². The van der Waals surface area contributed by atoms with Crippen LogP contribution in [0.1, 0.15) is 26.7 Å². The highest BCUT2D eigenvalue weighted by molar-refractivity contribution is 7.16. The smallest absolute Gasteiger partial charge is 0.295 e. The van der Waals surface area contributed by atoms with Gasteiger partial charge in [-0.25, -0.2) is 0 Å². The van der Waals surface area contributed by atoms with Gasteiger partial charge in [-0.15, -0.1) is 17.4 Å². The number of allylic oxidation sites excluding steroid dienone is 1. The van der Waals surface area contributed by atoms with Crippen molar-refractivity contribution in [2.45, 2.75) is 26.7 Å². The van der Waals surface area contributed by atoms with Gasteiger partial charge in [0.05, 0.1) is 13.2 Å². The van der Waals surface area contributed by atoms with E-state index < -0.39 is 0 Å². The van der Waals surface area contributed by atoms with Crippen molar-refractivity contribution in [1.82, 2.24) is 10.2 Å². The van der Waals surface area contributed by atoms with Crippen molar-refractivity contribution in [3.05, 3.63) is 23.8 Å². The van der Waals surface area contributed by atoms with E-state index in [0.717, 1.165) is 18.4 Å². The summed E-state index contributed by atoms with van der Waals surface area (Å²) in [6, 6.07) is 0. The van der Waals surface area contributed by atoms with E-state index in [0.29, 0.717) is 16.9 Å². The summed E-state index contributed by atoms with van der Waals surface area (Å²) in [7, 11) is 0. The number of aliphatic hydroxyl groups is 1. The molecule has 1 aromatic rings. The lowest BCUT2D eigenvalue weighted by Crippen LogP contribution is -1.95. The average Bonchev–Trinajstić information content (AvgIpc) is 2.89. The Balaban J connectivity index is 0.000000796. The first kappa shape index (κ1) is 18.2. The van der Waals surface area contributed by atoms with E-state index >= 15 is 0 Å². The van der Waals surface area contributed by atoms with Crippen LogP contribution in [0.3, 0.4) is 0 Å². The predicted molar refractivity (Wildman–Crippen MR) is 83.5 cm³/mol. The number of anilines is 1. The Bertz CT molecular complexity index is 461. The molecule has 0 atom stereocenters. The van der Waals surface area contributed by atoms with Gasteiger partial charge in [0.25, 0.3) is 5.19 Å². The zero-order valence-electron chi connectivity index (χ0n) is 11.9. The average molecular weight is 295 g/mol. The third-order valence-corrected chi connectivity index (χ3v) is 2.69. The molecule has 0 saturated carbocycles. The number of nitrogen functional groups attached to an aromatic ring is 1. The van der Waals surface area contributed by atoms with Gasteiger partial charge in [-0.1, -0.05) is 30.3 Å². The van der Waals surface area contributed by atoms with Crippen molar-refractivity contribution >= 4 is 16.5 Å². The monoisotopic (exact) mass is 295 g/mol. The van der Waals surface area contributed by atoms with E-state index in [1.54, 1.807) is 0 Å². The second kappa shape index (κ2) is 12.2. The molecule has 0 amide bonds. The summed E-state index contributed by atoms with van der Waals surface area (Å²) in [5, 5.41) is 17.1. The molecule has 6 heteroatoms. The second-order valence-corrected chi connectivity index (χ2v) is 4.50. The Kier molecular flexibility index (Phi) is 11.1. The van der Waals surface area contributed by atoms with Crippen LogP contribution in [0.5, 0.6) is 5.19 Å². The molecule has 3 N–H and O–H groups in total. The first-order chi connectivity index (χ1) is 9.67. The summed E-state index contributed by atoms with van der Waals surface area (Å²) in [6.07, 6.45) is 12.0. The van der Waals surface area contributed by atoms with Crippen LogP contribution in [0.2, 0.25) is 0 Å². The Morgan fingerprint density at radius 2 is 2.25 bits per heavy atom. The van der Waals surface area contributed by atoms with E-state index in [1.165, 1.54) is 11.3 Å². The standard InChI is InChI=1S/C10H15N3O2S.C4H6/c1-2-8(7-14)5-3-4-6-15-10-13-12-9(11)16-10;1-3-4-2/h2-3,5,14H,4,6-7H2,1H3,(H2,11,12);1H,4H2,2H3/b5-3-,8-2+;. The predicted octanol–water partition coefficient (Wildman–Crippen LogP) is 2.41. The van der Waals surface area contributed by atoms with Crippen molar-refractivity contribution in [3.63, 3.8) is 0 Å². The maximum Gasteiger partial charge on any atom is 0.295 e. The van der Waals surface area contributed by atoms with Gasteiger partial charge in [-0.3, -0.25) is 0 Å². The van der Waals surface area contributed by atoms with Gasteiger partial charge in [0.2, 0.25) is 5.13 Å². The molecule has 1 aromatic heterocycles. The van der Waals surface area contributed by atoms with Crippen LogP contribution in [-0.2, 0) is 0 Å². The molecule has 0 bridgehead atoms. The molecule has 0 spiro atoms. The quantitative estimate of drug-likeness (QED) is 0.478. The Labute approximate surface area is 124 Å². The third kappa shape index (κ3) is 9.14. The molecule has 0 unspecified atom stereocenters. The minimum atomic E-state index is 0.0563. The number of nitrogens with zero attached hydrogens (tertiary/aromatic N) is 2. The maximum absolute atomic E-state index is 8.88. The number of terminal acetylenes is 1. The molecule has 1 heterocycles. The number of nitrogens with two attached hydrogens (primary N) is 1. The van der Waals surface area contributed by atoms with Crippen LogP contribution in [-0.4, -0.2) is 28.5 Å². The molecule has 20 heavy (non-hydrogen) atoms. The third-order valence-electron chi connectivity index (χ3n) is 2.02. The van der Waals surface area contributed by atoms with E-state index in [4.69, 9.17) is 22.0 Å². The molecular weight excluding hydrogens is 274 g/mol. The van der Waals surface area contributed by atoms with Gasteiger partial charge < -0.3 is 15.6 Å². The first-order valence-corrected chi connectivity index (χ1v) is 7.07. The molecule has 0 saturated heterocycles. The molecule has 0 aliphatic carbocycles. The molecule has 0 aromatic carbocycles. The molecular formula is C14H21N3O2S. The van der Waals surface area contributed by atoms with Crippen LogP contribution >= 0.6 is 11.3 Å². The summed E-state index contributed by atoms with van der Waals surface area (Å²) in [4.78, 5) is 0.